The molecule has 1 aliphatic carbocycles. The SMILES string of the molecule is CCOC(=O)[C@H](CC(C)C)NC(=O)[C@@]1(c2ccccc2)CC[C@H](C(=O)N2CCC(NC(=O)c3ccccc3OC)CC2)c2ccccc21. The summed E-state index contributed by atoms with van der Waals surface area (Å²) >= 11 is 0. The van der Waals surface area contributed by atoms with E-state index in [0.29, 0.717) is 56.5 Å². The van der Waals surface area contributed by atoms with Crippen LogP contribution in [0.5, 0.6) is 5.75 Å². The standard InChI is InChI=1S/C39H47N3O6/c1-5-48-37(45)33(25-26(2)3)41-38(46)39(27-13-7-6-8-14-27)22-19-30(29-15-9-11-17-32(29)39)36(44)42-23-20-28(21-24-42)40-35(43)31-16-10-12-18-34(31)47-4/h6-18,26,28,30,33H,5,19-25H2,1-4H3,(H,40,43)(H,41,46)/t30-,33-,39+/m0/s1. The van der Waals surface area contributed by atoms with Crippen molar-refractivity contribution in [3.05, 3.63) is 101 Å². The Balaban J connectivity index is 1.37. The van der Waals surface area contributed by atoms with Gasteiger partial charge >= 0.3 is 5.97 Å². The van der Waals surface area contributed by atoms with Crippen LogP contribution in [0.15, 0.2) is 78.9 Å². The Morgan fingerprint density at radius 3 is 2.25 bits per heavy atom. The Labute approximate surface area is 283 Å². The molecule has 1 fully saturated rings. The Kier molecular flexibility index (Phi) is 11.2. The molecule has 1 saturated heterocycles. The Morgan fingerprint density at radius 1 is 0.896 bits per heavy atom. The molecule has 254 valence electrons. The molecule has 2 N–H and O–H groups in total. The molecule has 1 heterocycles. The zero-order chi connectivity index (χ0) is 34.3. The molecule has 3 amide bonds. The largest absolute Gasteiger partial charge is 0.496 e. The van der Waals surface area contributed by atoms with Gasteiger partial charge in [-0.25, -0.2) is 4.79 Å². The molecule has 0 saturated carbocycles. The second-order valence-electron chi connectivity index (χ2n) is 13.1. The lowest BCUT2D eigenvalue weighted by atomic mass is 9.62. The Bertz CT molecular complexity index is 1600. The van der Waals surface area contributed by atoms with Crippen molar-refractivity contribution in [1.82, 2.24) is 15.5 Å². The van der Waals surface area contributed by atoms with Crippen LogP contribution in [0.3, 0.4) is 0 Å². The number of fused-ring (bicyclic) bond motifs is 1. The minimum atomic E-state index is -1.09. The van der Waals surface area contributed by atoms with E-state index in [2.05, 4.69) is 10.6 Å². The van der Waals surface area contributed by atoms with E-state index in [0.717, 1.165) is 16.7 Å². The number of nitrogens with zero attached hydrogens (tertiary/aromatic N) is 1. The van der Waals surface area contributed by atoms with Gasteiger partial charge in [0.2, 0.25) is 11.8 Å². The minimum Gasteiger partial charge on any atom is -0.496 e. The van der Waals surface area contributed by atoms with Gasteiger partial charge in [0, 0.05) is 19.1 Å². The first-order valence-corrected chi connectivity index (χ1v) is 17.0. The van der Waals surface area contributed by atoms with Gasteiger partial charge < -0.3 is 25.0 Å². The van der Waals surface area contributed by atoms with Crippen LogP contribution in [0.2, 0.25) is 0 Å². The maximum Gasteiger partial charge on any atom is 0.328 e. The molecule has 3 aromatic rings. The van der Waals surface area contributed by atoms with Crippen LogP contribution < -0.4 is 15.4 Å². The molecule has 0 spiro atoms. The number of para-hydroxylation sites is 1. The van der Waals surface area contributed by atoms with E-state index in [9.17, 15) is 19.2 Å². The molecule has 5 rings (SSSR count). The fourth-order valence-corrected chi connectivity index (χ4v) is 7.26. The third-order valence-corrected chi connectivity index (χ3v) is 9.63. The van der Waals surface area contributed by atoms with E-state index in [1.165, 1.54) is 0 Å². The number of nitrogens with one attached hydrogen (secondary N) is 2. The summed E-state index contributed by atoms with van der Waals surface area (Å²) in [6.45, 7) is 7.05. The smallest absolute Gasteiger partial charge is 0.328 e. The van der Waals surface area contributed by atoms with Gasteiger partial charge in [0.15, 0.2) is 0 Å². The Morgan fingerprint density at radius 2 is 1.56 bits per heavy atom. The van der Waals surface area contributed by atoms with Gasteiger partial charge in [-0.05, 0) is 73.8 Å². The number of benzene rings is 3. The number of carbonyl (C=O) groups excluding carboxylic acids is 4. The quantitative estimate of drug-likeness (QED) is 0.269. The van der Waals surface area contributed by atoms with Crippen molar-refractivity contribution < 1.29 is 28.7 Å². The van der Waals surface area contributed by atoms with Crippen molar-refractivity contribution in [3.8, 4) is 5.75 Å². The molecule has 2 aliphatic rings. The van der Waals surface area contributed by atoms with Gasteiger partial charge in [-0.15, -0.1) is 0 Å². The zero-order valence-electron chi connectivity index (χ0n) is 28.4. The zero-order valence-corrected chi connectivity index (χ0v) is 28.4. The van der Waals surface area contributed by atoms with Gasteiger partial charge in [-0.1, -0.05) is 80.6 Å². The van der Waals surface area contributed by atoms with Crippen LogP contribution in [-0.4, -0.2) is 67.5 Å². The molecule has 3 aromatic carbocycles. The normalized spacial score (nSPS) is 19.9. The summed E-state index contributed by atoms with van der Waals surface area (Å²) in [5, 5.41) is 6.19. The molecular formula is C39H47N3O6. The highest BCUT2D eigenvalue weighted by atomic mass is 16.5. The predicted octanol–water partition coefficient (Wildman–Crippen LogP) is 5.37. The fourth-order valence-electron chi connectivity index (χ4n) is 7.26. The van der Waals surface area contributed by atoms with E-state index in [-0.39, 0.29) is 36.3 Å². The first-order valence-electron chi connectivity index (χ1n) is 17.0. The van der Waals surface area contributed by atoms with Crippen LogP contribution in [0.1, 0.15) is 85.8 Å². The van der Waals surface area contributed by atoms with E-state index in [1.54, 1.807) is 32.2 Å². The number of amides is 3. The lowest BCUT2D eigenvalue weighted by Gasteiger charge is -2.43. The predicted molar refractivity (Wildman–Crippen MR) is 184 cm³/mol. The molecule has 1 aliphatic heterocycles. The number of ether oxygens (including phenoxy) is 2. The second kappa shape index (κ2) is 15.5. The molecule has 0 aromatic heterocycles. The first-order chi connectivity index (χ1) is 23.2. The monoisotopic (exact) mass is 653 g/mol. The number of esters is 1. The van der Waals surface area contributed by atoms with E-state index >= 15 is 0 Å². The molecule has 3 atom stereocenters. The van der Waals surface area contributed by atoms with Gasteiger partial charge in [-0.3, -0.25) is 14.4 Å². The molecule has 0 radical (unpaired) electrons. The van der Waals surface area contributed by atoms with Crippen LogP contribution in [0.4, 0.5) is 0 Å². The van der Waals surface area contributed by atoms with Crippen molar-refractivity contribution >= 4 is 23.7 Å². The summed E-state index contributed by atoms with van der Waals surface area (Å²) in [4.78, 5) is 56.6. The molecule has 0 unspecified atom stereocenters. The van der Waals surface area contributed by atoms with Crippen molar-refractivity contribution in [2.24, 2.45) is 5.92 Å². The number of rotatable bonds is 11. The highest BCUT2D eigenvalue weighted by molar-refractivity contribution is 5.98. The summed E-state index contributed by atoms with van der Waals surface area (Å²) in [6, 6.07) is 23.7. The lowest BCUT2D eigenvalue weighted by molar-refractivity contribution is -0.148. The highest BCUT2D eigenvalue weighted by Gasteiger charge is 2.49. The van der Waals surface area contributed by atoms with E-state index in [1.807, 2.05) is 79.4 Å². The maximum atomic E-state index is 14.6. The second-order valence-corrected chi connectivity index (χ2v) is 13.1. The van der Waals surface area contributed by atoms with Crippen LogP contribution in [-0.2, 0) is 24.5 Å². The lowest BCUT2D eigenvalue weighted by Crippen LogP contribution is -2.54. The van der Waals surface area contributed by atoms with Gasteiger partial charge in [0.1, 0.15) is 11.8 Å². The average molecular weight is 654 g/mol. The topological polar surface area (TPSA) is 114 Å². The number of hydrogen-bond donors (Lipinski definition) is 2. The van der Waals surface area contributed by atoms with E-state index in [4.69, 9.17) is 9.47 Å². The minimum absolute atomic E-state index is 0.0308. The van der Waals surface area contributed by atoms with Crippen LogP contribution in [0, 0.1) is 5.92 Å². The van der Waals surface area contributed by atoms with Crippen molar-refractivity contribution in [1.29, 1.82) is 0 Å². The van der Waals surface area contributed by atoms with Gasteiger partial charge in [0.25, 0.3) is 5.91 Å². The summed E-state index contributed by atoms with van der Waals surface area (Å²) in [5.74, 6) is -0.598. The summed E-state index contributed by atoms with van der Waals surface area (Å²) < 4.78 is 10.7. The summed E-state index contributed by atoms with van der Waals surface area (Å²) in [5.41, 5.74) is 1.83. The summed E-state index contributed by atoms with van der Waals surface area (Å²) in [7, 11) is 1.54. The van der Waals surface area contributed by atoms with Gasteiger partial charge in [-0.2, -0.15) is 0 Å². The van der Waals surface area contributed by atoms with Crippen LogP contribution >= 0.6 is 0 Å². The summed E-state index contributed by atoms with van der Waals surface area (Å²) in [6.07, 6.45) is 2.61. The van der Waals surface area contributed by atoms with Crippen molar-refractivity contribution in [2.45, 2.75) is 76.3 Å². The van der Waals surface area contributed by atoms with Gasteiger partial charge in [0.05, 0.1) is 30.6 Å². The third-order valence-electron chi connectivity index (χ3n) is 9.63. The number of likely N-dealkylation sites (tertiary alicyclic amines) is 1. The fraction of sp³-hybridized carbons (Fsp3) is 0.436. The maximum absolute atomic E-state index is 14.6. The van der Waals surface area contributed by atoms with Crippen molar-refractivity contribution in [3.63, 3.8) is 0 Å². The van der Waals surface area contributed by atoms with E-state index < -0.39 is 23.3 Å². The third kappa shape index (κ3) is 7.25. The molecular weight excluding hydrogens is 606 g/mol. The van der Waals surface area contributed by atoms with Crippen LogP contribution in [0.25, 0.3) is 0 Å². The molecule has 9 nitrogen and oxygen atoms in total. The molecule has 48 heavy (non-hydrogen) atoms. The molecule has 0 bridgehead atoms. The average Bonchev–Trinajstić information content (AvgIpc) is 3.11. The first kappa shape index (κ1) is 34.7. The van der Waals surface area contributed by atoms with Crippen molar-refractivity contribution in [2.75, 3.05) is 26.8 Å². The number of methoxy groups -OCH3 is 1. The number of hydrogen-bond acceptors (Lipinski definition) is 6. The Hall–Kier alpha value is -4.66. The number of carbonyl (C=O) groups is 4. The number of piperidine rings is 1. The molecule has 9 heteroatoms. The highest BCUT2D eigenvalue weighted by Crippen LogP contribution is 2.48.